The zero-order valence-corrected chi connectivity index (χ0v) is 12.0. The number of ether oxygens (including phenoxy) is 2. The van der Waals surface area contributed by atoms with Crippen LogP contribution in [-0.2, 0) is 6.42 Å². The predicted molar refractivity (Wildman–Crippen MR) is 68.7 cm³/mol. The van der Waals surface area contributed by atoms with E-state index in [9.17, 15) is 0 Å². The first kappa shape index (κ1) is 14.8. The van der Waals surface area contributed by atoms with E-state index in [1.54, 1.807) is 14.2 Å². The van der Waals surface area contributed by atoms with Crippen LogP contribution in [0.25, 0.3) is 0 Å². The van der Waals surface area contributed by atoms with E-state index in [2.05, 4.69) is 29.8 Å². The lowest BCUT2D eigenvalue weighted by Gasteiger charge is -2.15. The Morgan fingerprint density at radius 1 is 1.17 bits per heavy atom. The van der Waals surface area contributed by atoms with Gasteiger partial charge in [-0.15, -0.1) is 0 Å². The lowest BCUT2D eigenvalue weighted by molar-refractivity contribution is -0.524. The zero-order chi connectivity index (χ0) is 12.3. The second-order valence-electron chi connectivity index (χ2n) is 4.32. The smallest absolute Gasteiger partial charge is 0.171 e. The highest BCUT2D eigenvalue weighted by atomic mass is 35.5. The molecule has 0 radical (unpaired) electrons. The Morgan fingerprint density at radius 3 is 2.44 bits per heavy atom. The van der Waals surface area contributed by atoms with Crippen molar-refractivity contribution in [1.82, 2.24) is 0 Å². The summed E-state index contributed by atoms with van der Waals surface area (Å²) in [5.74, 6) is 1.63. The molecule has 0 unspecified atom stereocenters. The van der Waals surface area contributed by atoms with Crippen molar-refractivity contribution in [1.29, 1.82) is 0 Å². The quantitative estimate of drug-likeness (QED) is 0.661. The number of hydrogen-bond donors (Lipinski definition) is 0. The van der Waals surface area contributed by atoms with Crippen molar-refractivity contribution in [2.75, 3.05) is 27.3 Å². The fourth-order valence-electron chi connectivity index (χ4n) is 2.26. The Labute approximate surface area is 115 Å². The Bertz CT molecular complexity index is 444. The molecule has 3 nitrogen and oxygen atoms in total. The van der Waals surface area contributed by atoms with Crippen molar-refractivity contribution in [3.8, 4) is 11.5 Å². The predicted octanol–water partition coefficient (Wildman–Crippen LogP) is -0.895. The van der Waals surface area contributed by atoms with Crippen LogP contribution < -0.4 is 21.9 Å². The molecule has 0 saturated heterocycles. The van der Waals surface area contributed by atoms with Gasteiger partial charge in [0.2, 0.25) is 0 Å². The van der Waals surface area contributed by atoms with E-state index in [1.165, 1.54) is 17.5 Å². The number of methoxy groups -OCH3 is 2. The number of nitrogens with zero attached hydrogens (tertiary/aromatic N) is 1. The summed E-state index contributed by atoms with van der Waals surface area (Å²) in [4.78, 5) is 0. The number of fused-ring (bicyclic) bond motifs is 1. The van der Waals surface area contributed by atoms with E-state index in [4.69, 9.17) is 9.47 Å². The van der Waals surface area contributed by atoms with Crippen molar-refractivity contribution >= 4 is 6.21 Å². The molecule has 0 spiro atoms. The maximum absolute atomic E-state index is 5.33. The second kappa shape index (κ2) is 6.64. The monoisotopic (exact) mass is 269 g/mol. The average Bonchev–Trinajstić information content (AvgIpc) is 2.37. The van der Waals surface area contributed by atoms with Gasteiger partial charge in [-0.05, 0) is 17.7 Å². The molecule has 0 aliphatic carbocycles. The van der Waals surface area contributed by atoms with E-state index in [-0.39, 0.29) is 12.4 Å². The Kier molecular flexibility index (Phi) is 5.48. The van der Waals surface area contributed by atoms with Crippen LogP contribution in [0.4, 0.5) is 0 Å². The third kappa shape index (κ3) is 2.96. The standard InChI is InChI=1S/C14H20NO2.ClH/c1-4-6-15-7-5-11-8-13(16-2)14(17-3)9-12(11)10-15;/h8-10H,4-7H2,1-3H3;1H/q+1;/p-1. The van der Waals surface area contributed by atoms with Gasteiger partial charge in [0.15, 0.2) is 17.7 Å². The zero-order valence-electron chi connectivity index (χ0n) is 11.2. The van der Waals surface area contributed by atoms with Gasteiger partial charge in [0.05, 0.1) is 14.2 Å². The summed E-state index contributed by atoms with van der Waals surface area (Å²) in [7, 11) is 3.36. The van der Waals surface area contributed by atoms with Crippen LogP contribution in [0, 0.1) is 0 Å². The van der Waals surface area contributed by atoms with Gasteiger partial charge in [0, 0.05) is 18.4 Å². The lowest BCUT2D eigenvalue weighted by Crippen LogP contribution is -3.00. The number of halogens is 1. The molecule has 2 rings (SSSR count). The van der Waals surface area contributed by atoms with Gasteiger partial charge < -0.3 is 21.9 Å². The molecule has 18 heavy (non-hydrogen) atoms. The molecular weight excluding hydrogens is 250 g/mol. The van der Waals surface area contributed by atoms with Crippen LogP contribution >= 0.6 is 0 Å². The maximum Gasteiger partial charge on any atom is 0.171 e. The second-order valence-corrected chi connectivity index (χ2v) is 4.32. The molecule has 1 aromatic rings. The first-order valence-electron chi connectivity index (χ1n) is 6.12. The summed E-state index contributed by atoms with van der Waals surface area (Å²) in [6, 6.07) is 4.16. The number of hydrogen-bond acceptors (Lipinski definition) is 2. The molecule has 100 valence electrons. The van der Waals surface area contributed by atoms with Gasteiger partial charge in [-0.2, -0.15) is 0 Å². The van der Waals surface area contributed by atoms with Gasteiger partial charge in [-0.1, -0.05) is 6.92 Å². The highest BCUT2D eigenvalue weighted by Crippen LogP contribution is 2.31. The minimum absolute atomic E-state index is 0. The third-order valence-corrected chi connectivity index (χ3v) is 3.15. The molecule has 0 saturated carbocycles. The van der Waals surface area contributed by atoms with Crippen molar-refractivity contribution in [3.63, 3.8) is 0 Å². The Morgan fingerprint density at radius 2 is 1.83 bits per heavy atom. The lowest BCUT2D eigenvalue weighted by atomic mass is 10.0. The Hall–Kier alpha value is -1.22. The van der Waals surface area contributed by atoms with E-state index >= 15 is 0 Å². The van der Waals surface area contributed by atoms with Crippen LogP contribution in [0.2, 0.25) is 0 Å². The molecule has 0 N–H and O–H groups in total. The molecule has 0 atom stereocenters. The van der Waals surface area contributed by atoms with Crippen LogP contribution in [0.3, 0.4) is 0 Å². The normalized spacial score (nSPS) is 13.2. The van der Waals surface area contributed by atoms with Crippen molar-refractivity contribution < 1.29 is 26.5 Å². The molecule has 0 bridgehead atoms. The topological polar surface area (TPSA) is 21.5 Å². The molecular formula is C14H20ClNO2. The summed E-state index contributed by atoms with van der Waals surface area (Å²) in [5.41, 5.74) is 2.59. The van der Waals surface area contributed by atoms with Crippen molar-refractivity contribution in [3.05, 3.63) is 23.3 Å². The summed E-state index contributed by atoms with van der Waals surface area (Å²) in [5, 5.41) is 0. The Balaban J connectivity index is 0.00000162. The van der Waals surface area contributed by atoms with E-state index < -0.39 is 0 Å². The molecule has 1 heterocycles. The van der Waals surface area contributed by atoms with E-state index in [0.29, 0.717) is 0 Å². The van der Waals surface area contributed by atoms with Crippen LogP contribution in [0.1, 0.15) is 24.5 Å². The third-order valence-electron chi connectivity index (χ3n) is 3.15. The fourth-order valence-corrected chi connectivity index (χ4v) is 2.26. The minimum atomic E-state index is 0. The van der Waals surface area contributed by atoms with Gasteiger partial charge >= 0.3 is 0 Å². The molecule has 1 aliphatic rings. The number of rotatable bonds is 4. The average molecular weight is 270 g/mol. The molecule has 0 amide bonds. The molecule has 1 aromatic carbocycles. The maximum atomic E-state index is 5.33. The molecule has 4 heteroatoms. The van der Waals surface area contributed by atoms with E-state index in [1.807, 2.05) is 0 Å². The van der Waals surface area contributed by atoms with Crippen molar-refractivity contribution in [2.24, 2.45) is 0 Å². The largest absolute Gasteiger partial charge is 1.00 e. The molecule has 1 aliphatic heterocycles. The van der Waals surface area contributed by atoms with Gasteiger partial charge in [-0.3, -0.25) is 0 Å². The summed E-state index contributed by atoms with van der Waals surface area (Å²) in [6.07, 6.45) is 4.48. The van der Waals surface area contributed by atoms with Crippen LogP contribution in [0.15, 0.2) is 12.1 Å². The SMILES string of the molecule is CCC[N+]1=Cc2cc(OC)c(OC)cc2CC1.[Cl-]. The van der Waals surface area contributed by atoms with Gasteiger partial charge in [0.1, 0.15) is 13.1 Å². The molecule has 0 aromatic heterocycles. The first-order valence-corrected chi connectivity index (χ1v) is 6.12. The van der Waals surface area contributed by atoms with Crippen LogP contribution in [-0.4, -0.2) is 38.1 Å². The van der Waals surface area contributed by atoms with Crippen LogP contribution in [0.5, 0.6) is 11.5 Å². The molecule has 0 fully saturated rings. The summed E-state index contributed by atoms with van der Waals surface area (Å²) in [6.45, 7) is 4.42. The van der Waals surface area contributed by atoms with Gasteiger partial charge in [0.25, 0.3) is 0 Å². The summed E-state index contributed by atoms with van der Waals surface area (Å²) >= 11 is 0. The van der Waals surface area contributed by atoms with Gasteiger partial charge in [-0.25, -0.2) is 4.58 Å². The summed E-state index contributed by atoms with van der Waals surface area (Å²) < 4.78 is 13.0. The highest BCUT2D eigenvalue weighted by molar-refractivity contribution is 5.80. The highest BCUT2D eigenvalue weighted by Gasteiger charge is 2.18. The first-order chi connectivity index (χ1) is 8.28. The number of benzene rings is 1. The minimum Gasteiger partial charge on any atom is -1.00 e. The van der Waals surface area contributed by atoms with Crippen molar-refractivity contribution in [2.45, 2.75) is 19.8 Å². The van der Waals surface area contributed by atoms with E-state index in [0.717, 1.165) is 31.0 Å². The fraction of sp³-hybridized carbons (Fsp3) is 0.500.